The first-order valence-electron chi connectivity index (χ1n) is 10.4. The zero-order chi connectivity index (χ0) is 22.7. The lowest BCUT2D eigenvalue weighted by molar-refractivity contribution is -0.122. The van der Waals surface area contributed by atoms with E-state index in [0.29, 0.717) is 35.8 Å². The molecule has 32 heavy (non-hydrogen) atoms. The predicted molar refractivity (Wildman–Crippen MR) is 119 cm³/mol. The van der Waals surface area contributed by atoms with Crippen LogP contribution in [-0.4, -0.2) is 58.4 Å². The summed E-state index contributed by atoms with van der Waals surface area (Å²) in [5.41, 5.74) is 0.999. The number of hydrogen-bond donors (Lipinski definition) is 2. The molecule has 170 valence electrons. The first-order valence-corrected chi connectivity index (χ1v) is 12.2. The molecule has 2 N–H and O–H groups in total. The Hall–Kier alpha value is -3.11. The molecule has 1 fully saturated rings. The Morgan fingerprint density at radius 3 is 2.62 bits per heavy atom. The third kappa shape index (κ3) is 4.86. The number of nitrogens with zero attached hydrogens (tertiary/aromatic N) is 1. The highest BCUT2D eigenvalue weighted by molar-refractivity contribution is 7.92. The van der Waals surface area contributed by atoms with Crippen molar-refractivity contribution in [3.8, 4) is 5.75 Å². The van der Waals surface area contributed by atoms with E-state index < -0.39 is 22.0 Å². The van der Waals surface area contributed by atoms with Crippen molar-refractivity contribution in [2.75, 3.05) is 35.6 Å². The maximum absolute atomic E-state index is 13.0. The summed E-state index contributed by atoms with van der Waals surface area (Å²) in [6.07, 6.45) is 1.87. The molecule has 2 aromatic carbocycles. The number of hydrogen-bond acceptors (Lipinski definition) is 6. The highest BCUT2D eigenvalue weighted by Crippen LogP contribution is 2.34. The standard InChI is InChI=1S/C22H25N3O6S/c1-32(28,29)25-14-20(31-19-11-5-4-10-18(19)25)22(27)24-17-9-3-2-8-16(17)21(26)23-13-15-7-6-12-30-15/h2-5,8-11,15,20H,6-7,12-14H2,1H3,(H,23,26)(H,24,27)/t15-,20-/m0/s1. The van der Waals surface area contributed by atoms with E-state index in [0.717, 1.165) is 23.4 Å². The molecule has 0 saturated carbocycles. The topological polar surface area (TPSA) is 114 Å². The molecule has 2 aliphatic rings. The van der Waals surface area contributed by atoms with Gasteiger partial charge < -0.3 is 20.1 Å². The van der Waals surface area contributed by atoms with Gasteiger partial charge in [0.2, 0.25) is 10.0 Å². The van der Waals surface area contributed by atoms with E-state index in [4.69, 9.17) is 9.47 Å². The number of nitrogens with one attached hydrogen (secondary N) is 2. The molecule has 0 unspecified atom stereocenters. The Morgan fingerprint density at radius 2 is 1.88 bits per heavy atom. The molecule has 0 aliphatic carbocycles. The highest BCUT2D eigenvalue weighted by Gasteiger charge is 2.35. The van der Waals surface area contributed by atoms with Gasteiger partial charge in [-0.05, 0) is 37.1 Å². The second-order valence-electron chi connectivity index (χ2n) is 7.75. The van der Waals surface area contributed by atoms with E-state index in [1.54, 1.807) is 48.5 Å². The molecule has 0 bridgehead atoms. The number of rotatable bonds is 6. The minimum absolute atomic E-state index is 0.00149. The molecule has 1 saturated heterocycles. The summed E-state index contributed by atoms with van der Waals surface area (Å²) in [7, 11) is -3.62. The third-order valence-electron chi connectivity index (χ3n) is 5.37. The van der Waals surface area contributed by atoms with Gasteiger partial charge >= 0.3 is 0 Å². The van der Waals surface area contributed by atoms with Gasteiger partial charge in [-0.25, -0.2) is 8.42 Å². The van der Waals surface area contributed by atoms with Gasteiger partial charge in [-0.1, -0.05) is 24.3 Å². The van der Waals surface area contributed by atoms with Gasteiger partial charge in [0, 0.05) is 13.2 Å². The van der Waals surface area contributed by atoms with Crippen LogP contribution in [0.4, 0.5) is 11.4 Å². The molecule has 9 nitrogen and oxygen atoms in total. The van der Waals surface area contributed by atoms with Crippen molar-refractivity contribution < 1.29 is 27.5 Å². The summed E-state index contributed by atoms with van der Waals surface area (Å²) in [6, 6.07) is 13.3. The van der Waals surface area contributed by atoms with E-state index >= 15 is 0 Å². The summed E-state index contributed by atoms with van der Waals surface area (Å²) in [6.45, 7) is 0.921. The normalized spacial score (nSPS) is 20.2. The van der Waals surface area contributed by atoms with Crippen LogP contribution < -0.4 is 19.7 Å². The fourth-order valence-electron chi connectivity index (χ4n) is 3.76. The van der Waals surface area contributed by atoms with Crippen molar-refractivity contribution in [2.45, 2.75) is 25.0 Å². The number of anilines is 2. The lowest BCUT2D eigenvalue weighted by Crippen LogP contribution is -2.48. The second kappa shape index (κ2) is 9.17. The fraction of sp³-hybridized carbons (Fsp3) is 0.364. The van der Waals surface area contributed by atoms with Crippen LogP contribution in [0.2, 0.25) is 0 Å². The number of benzene rings is 2. The Bertz CT molecular complexity index is 1110. The van der Waals surface area contributed by atoms with Crippen LogP contribution in [-0.2, 0) is 19.6 Å². The first-order chi connectivity index (χ1) is 15.3. The van der Waals surface area contributed by atoms with Crippen molar-refractivity contribution in [3.63, 3.8) is 0 Å². The van der Waals surface area contributed by atoms with Crippen LogP contribution in [0.5, 0.6) is 5.75 Å². The molecule has 0 spiro atoms. The highest BCUT2D eigenvalue weighted by atomic mass is 32.2. The molecular formula is C22H25N3O6S. The SMILES string of the molecule is CS(=O)(=O)N1C[C@@H](C(=O)Nc2ccccc2C(=O)NC[C@@H]2CCCO2)Oc2ccccc21. The molecule has 0 aromatic heterocycles. The number of sulfonamides is 1. The van der Waals surface area contributed by atoms with E-state index in [-0.39, 0.29) is 18.6 Å². The molecule has 2 amide bonds. The van der Waals surface area contributed by atoms with Crippen LogP contribution in [0.3, 0.4) is 0 Å². The fourth-order valence-corrected chi connectivity index (χ4v) is 4.68. The van der Waals surface area contributed by atoms with Crippen LogP contribution in [0, 0.1) is 0 Å². The lowest BCUT2D eigenvalue weighted by Gasteiger charge is -2.33. The first kappa shape index (κ1) is 22.1. The average molecular weight is 460 g/mol. The Kier molecular flexibility index (Phi) is 6.33. The minimum atomic E-state index is -3.62. The zero-order valence-electron chi connectivity index (χ0n) is 17.6. The van der Waals surface area contributed by atoms with Crippen LogP contribution in [0.15, 0.2) is 48.5 Å². The molecule has 2 aliphatic heterocycles. The Balaban J connectivity index is 1.49. The van der Waals surface area contributed by atoms with E-state index in [9.17, 15) is 18.0 Å². The van der Waals surface area contributed by atoms with Gasteiger partial charge in [-0.2, -0.15) is 0 Å². The number of amides is 2. The Morgan fingerprint density at radius 1 is 1.12 bits per heavy atom. The quantitative estimate of drug-likeness (QED) is 0.681. The molecule has 0 radical (unpaired) electrons. The van der Waals surface area contributed by atoms with Gasteiger partial charge in [-0.3, -0.25) is 13.9 Å². The van der Waals surface area contributed by atoms with E-state index in [1.807, 2.05) is 0 Å². The number of carbonyl (C=O) groups is 2. The molecular weight excluding hydrogens is 434 g/mol. The van der Waals surface area contributed by atoms with Crippen molar-refractivity contribution >= 4 is 33.2 Å². The number of para-hydroxylation sites is 3. The maximum atomic E-state index is 13.0. The Labute approximate surface area is 186 Å². The smallest absolute Gasteiger partial charge is 0.267 e. The van der Waals surface area contributed by atoms with Crippen LogP contribution in [0.1, 0.15) is 23.2 Å². The van der Waals surface area contributed by atoms with Gasteiger partial charge in [0.25, 0.3) is 11.8 Å². The monoisotopic (exact) mass is 459 g/mol. The molecule has 2 atom stereocenters. The van der Waals surface area contributed by atoms with Crippen molar-refractivity contribution in [2.24, 2.45) is 0 Å². The lowest BCUT2D eigenvalue weighted by atomic mass is 10.1. The number of carbonyl (C=O) groups excluding carboxylic acids is 2. The van der Waals surface area contributed by atoms with Gasteiger partial charge in [-0.15, -0.1) is 0 Å². The minimum Gasteiger partial charge on any atom is -0.476 e. The predicted octanol–water partition coefficient (Wildman–Crippen LogP) is 1.76. The van der Waals surface area contributed by atoms with Crippen molar-refractivity contribution in [1.29, 1.82) is 0 Å². The van der Waals surface area contributed by atoms with Crippen molar-refractivity contribution in [3.05, 3.63) is 54.1 Å². The summed E-state index contributed by atoms with van der Waals surface area (Å²) >= 11 is 0. The summed E-state index contributed by atoms with van der Waals surface area (Å²) in [5, 5.41) is 5.55. The molecule has 2 aromatic rings. The van der Waals surface area contributed by atoms with Crippen LogP contribution in [0.25, 0.3) is 0 Å². The third-order valence-corrected chi connectivity index (χ3v) is 6.52. The summed E-state index contributed by atoms with van der Waals surface area (Å²) < 4.78 is 37.0. The number of fused-ring (bicyclic) bond motifs is 1. The van der Waals surface area contributed by atoms with E-state index in [1.165, 1.54) is 0 Å². The second-order valence-corrected chi connectivity index (χ2v) is 9.66. The van der Waals surface area contributed by atoms with Gasteiger partial charge in [0.05, 0.1) is 35.8 Å². The molecule has 4 rings (SSSR count). The summed E-state index contributed by atoms with van der Waals surface area (Å²) in [4.78, 5) is 25.7. The van der Waals surface area contributed by atoms with Gasteiger partial charge in [0.1, 0.15) is 5.75 Å². The van der Waals surface area contributed by atoms with Crippen LogP contribution >= 0.6 is 0 Å². The van der Waals surface area contributed by atoms with E-state index in [2.05, 4.69) is 10.6 Å². The van der Waals surface area contributed by atoms with Crippen molar-refractivity contribution in [1.82, 2.24) is 5.32 Å². The number of ether oxygens (including phenoxy) is 2. The maximum Gasteiger partial charge on any atom is 0.267 e. The van der Waals surface area contributed by atoms with Gasteiger partial charge in [0.15, 0.2) is 6.10 Å². The molecule has 2 heterocycles. The average Bonchev–Trinajstić information content (AvgIpc) is 3.30. The zero-order valence-corrected chi connectivity index (χ0v) is 18.4. The largest absolute Gasteiger partial charge is 0.476 e. The molecule has 10 heteroatoms. The summed E-state index contributed by atoms with van der Waals surface area (Å²) in [5.74, 6) is -0.580.